The zero-order valence-corrected chi connectivity index (χ0v) is 22.4. The minimum Gasteiger partial charge on any atom is -0.355 e. The van der Waals surface area contributed by atoms with E-state index in [2.05, 4.69) is 21.3 Å². The second-order valence-corrected chi connectivity index (χ2v) is 9.68. The standard InChI is InChI=1S/C25H43N5O6/c1-7-18(23(34)29-21(15(3)4)24(35)27-17(6)22(33)26-8-2)28-19(31)12-10-9-11-13-30-20(32)14-16(5)25(30)36/h15-18,21H,7-14H2,1-6H3,(H,26,33)(H,27,35)(H,28,31)(H,29,34)/t16?,17-,18-,21-/m0/s1. The van der Waals surface area contributed by atoms with Gasteiger partial charge in [0.25, 0.3) is 0 Å². The third-order valence-electron chi connectivity index (χ3n) is 6.16. The lowest BCUT2D eigenvalue weighted by atomic mass is 10.0. The van der Waals surface area contributed by atoms with Crippen LogP contribution in [0.2, 0.25) is 0 Å². The number of amides is 6. The molecule has 1 saturated heterocycles. The maximum absolute atomic E-state index is 12.8. The highest BCUT2D eigenvalue weighted by Gasteiger charge is 2.35. The van der Waals surface area contributed by atoms with E-state index < -0.39 is 29.9 Å². The molecule has 1 unspecified atom stereocenters. The summed E-state index contributed by atoms with van der Waals surface area (Å²) in [7, 11) is 0. The van der Waals surface area contributed by atoms with Crippen molar-refractivity contribution >= 4 is 35.4 Å². The summed E-state index contributed by atoms with van der Waals surface area (Å²) in [5, 5.41) is 10.7. The van der Waals surface area contributed by atoms with E-state index >= 15 is 0 Å². The first-order chi connectivity index (χ1) is 16.9. The summed E-state index contributed by atoms with van der Waals surface area (Å²) < 4.78 is 0. The monoisotopic (exact) mass is 509 g/mol. The number of carbonyl (C=O) groups excluding carboxylic acids is 6. The quantitative estimate of drug-likeness (QED) is 0.187. The smallest absolute Gasteiger partial charge is 0.243 e. The van der Waals surface area contributed by atoms with Gasteiger partial charge in [-0.15, -0.1) is 0 Å². The van der Waals surface area contributed by atoms with Crippen molar-refractivity contribution in [1.29, 1.82) is 0 Å². The van der Waals surface area contributed by atoms with Gasteiger partial charge in [0.15, 0.2) is 0 Å². The largest absolute Gasteiger partial charge is 0.355 e. The Balaban J connectivity index is 2.49. The van der Waals surface area contributed by atoms with Crippen LogP contribution in [0.15, 0.2) is 0 Å². The zero-order valence-electron chi connectivity index (χ0n) is 22.4. The lowest BCUT2D eigenvalue weighted by Crippen LogP contribution is -2.57. The van der Waals surface area contributed by atoms with Gasteiger partial charge in [-0.05, 0) is 39.0 Å². The Kier molecular flexibility index (Phi) is 13.1. The third kappa shape index (κ3) is 9.58. The van der Waals surface area contributed by atoms with Gasteiger partial charge in [-0.1, -0.05) is 34.1 Å². The van der Waals surface area contributed by atoms with Crippen LogP contribution in [-0.2, 0) is 28.8 Å². The Hall–Kier alpha value is -2.98. The number of carbonyl (C=O) groups is 6. The van der Waals surface area contributed by atoms with Gasteiger partial charge in [-0.2, -0.15) is 0 Å². The molecule has 0 aliphatic carbocycles. The second kappa shape index (κ2) is 15.2. The van der Waals surface area contributed by atoms with Crippen molar-refractivity contribution in [3.8, 4) is 0 Å². The molecule has 0 aromatic heterocycles. The highest BCUT2D eigenvalue weighted by Crippen LogP contribution is 2.19. The van der Waals surface area contributed by atoms with E-state index in [9.17, 15) is 28.8 Å². The number of unbranched alkanes of at least 4 members (excludes halogenated alkanes) is 2. The van der Waals surface area contributed by atoms with E-state index in [-0.39, 0.29) is 48.3 Å². The highest BCUT2D eigenvalue weighted by atomic mass is 16.2. The molecule has 4 atom stereocenters. The van der Waals surface area contributed by atoms with Gasteiger partial charge >= 0.3 is 0 Å². The fourth-order valence-corrected chi connectivity index (χ4v) is 3.92. The lowest BCUT2D eigenvalue weighted by molar-refractivity contribution is -0.139. The summed E-state index contributed by atoms with van der Waals surface area (Å²) in [4.78, 5) is 74.8. The van der Waals surface area contributed by atoms with Crippen LogP contribution in [0.4, 0.5) is 0 Å². The maximum Gasteiger partial charge on any atom is 0.243 e. The number of nitrogens with zero attached hydrogens (tertiary/aromatic N) is 1. The molecule has 0 radical (unpaired) electrons. The molecule has 0 aromatic carbocycles. The van der Waals surface area contributed by atoms with Crippen LogP contribution in [0, 0.1) is 11.8 Å². The highest BCUT2D eigenvalue weighted by molar-refractivity contribution is 6.03. The third-order valence-corrected chi connectivity index (χ3v) is 6.16. The fraction of sp³-hybridized carbons (Fsp3) is 0.760. The van der Waals surface area contributed by atoms with Gasteiger partial charge in [0.05, 0.1) is 0 Å². The predicted octanol–water partition coefficient (Wildman–Crippen LogP) is 0.618. The Bertz CT molecular complexity index is 815. The maximum atomic E-state index is 12.8. The number of hydrogen-bond donors (Lipinski definition) is 4. The molecule has 0 aromatic rings. The van der Waals surface area contributed by atoms with Crippen molar-refractivity contribution in [1.82, 2.24) is 26.2 Å². The molecule has 36 heavy (non-hydrogen) atoms. The Labute approximate surface area is 213 Å². The summed E-state index contributed by atoms with van der Waals surface area (Å²) >= 11 is 0. The van der Waals surface area contributed by atoms with Gasteiger partial charge in [0.1, 0.15) is 18.1 Å². The van der Waals surface area contributed by atoms with Gasteiger partial charge in [-0.25, -0.2) is 0 Å². The Morgan fingerprint density at radius 3 is 2.11 bits per heavy atom. The summed E-state index contributed by atoms with van der Waals surface area (Å²) in [6, 6.07) is -2.41. The molecule has 1 fully saturated rings. The number of nitrogens with one attached hydrogen (secondary N) is 4. The summed E-state index contributed by atoms with van der Waals surface area (Å²) in [6.07, 6.45) is 2.66. The van der Waals surface area contributed by atoms with E-state index in [4.69, 9.17) is 0 Å². The molecular weight excluding hydrogens is 466 g/mol. The molecule has 4 N–H and O–H groups in total. The molecule has 1 heterocycles. The number of likely N-dealkylation sites (tertiary alicyclic amines) is 1. The molecule has 0 spiro atoms. The normalized spacial score (nSPS) is 18.0. The minimum atomic E-state index is -0.862. The van der Waals surface area contributed by atoms with Crippen LogP contribution >= 0.6 is 0 Å². The summed E-state index contributed by atoms with van der Waals surface area (Å²) in [6.45, 7) is 11.2. The van der Waals surface area contributed by atoms with Crippen LogP contribution in [0.25, 0.3) is 0 Å². The van der Waals surface area contributed by atoms with Crippen molar-refractivity contribution in [2.45, 2.75) is 98.2 Å². The van der Waals surface area contributed by atoms with E-state index in [1.807, 2.05) is 0 Å². The van der Waals surface area contributed by atoms with Gasteiger partial charge in [0.2, 0.25) is 35.4 Å². The summed E-state index contributed by atoms with van der Waals surface area (Å²) in [5.74, 6) is -2.31. The number of hydrogen-bond acceptors (Lipinski definition) is 6. The number of likely N-dealkylation sites (N-methyl/N-ethyl adjacent to an activating group) is 1. The van der Waals surface area contributed by atoms with Crippen molar-refractivity contribution in [2.75, 3.05) is 13.1 Å². The van der Waals surface area contributed by atoms with Crippen molar-refractivity contribution in [2.24, 2.45) is 11.8 Å². The topological polar surface area (TPSA) is 154 Å². The molecule has 0 bridgehead atoms. The molecule has 1 aliphatic rings. The Morgan fingerprint density at radius 1 is 0.917 bits per heavy atom. The summed E-state index contributed by atoms with van der Waals surface area (Å²) in [5.41, 5.74) is 0. The first-order valence-electron chi connectivity index (χ1n) is 12.9. The van der Waals surface area contributed by atoms with E-state index in [0.717, 1.165) is 0 Å². The fourth-order valence-electron chi connectivity index (χ4n) is 3.92. The van der Waals surface area contributed by atoms with E-state index in [0.29, 0.717) is 38.8 Å². The molecule has 1 aliphatic heterocycles. The zero-order chi connectivity index (χ0) is 27.4. The molecular formula is C25H43N5O6. The minimum absolute atomic E-state index is 0.137. The van der Waals surface area contributed by atoms with Crippen LogP contribution in [0.5, 0.6) is 0 Å². The van der Waals surface area contributed by atoms with Crippen molar-refractivity contribution < 1.29 is 28.8 Å². The van der Waals surface area contributed by atoms with Crippen molar-refractivity contribution in [3.63, 3.8) is 0 Å². The van der Waals surface area contributed by atoms with Crippen molar-refractivity contribution in [3.05, 3.63) is 0 Å². The SMILES string of the molecule is CCNC(=O)[C@H](C)NC(=O)[C@@H](NC(=O)[C@H](CC)NC(=O)CCCCCN1C(=O)CC(C)C1=O)C(C)C. The van der Waals surface area contributed by atoms with Gasteiger partial charge in [0, 0.05) is 31.8 Å². The first-order valence-corrected chi connectivity index (χ1v) is 12.9. The molecule has 0 saturated carbocycles. The van der Waals surface area contributed by atoms with E-state index in [1.54, 1.807) is 41.5 Å². The molecule has 204 valence electrons. The second-order valence-electron chi connectivity index (χ2n) is 9.68. The van der Waals surface area contributed by atoms with Crippen LogP contribution in [0.3, 0.4) is 0 Å². The predicted molar refractivity (Wildman–Crippen MR) is 134 cm³/mol. The van der Waals surface area contributed by atoms with E-state index in [1.165, 1.54) is 4.90 Å². The van der Waals surface area contributed by atoms with Crippen LogP contribution < -0.4 is 21.3 Å². The number of imide groups is 1. The lowest BCUT2D eigenvalue weighted by Gasteiger charge is -2.26. The van der Waals surface area contributed by atoms with Crippen LogP contribution in [0.1, 0.15) is 80.1 Å². The van der Waals surface area contributed by atoms with Crippen LogP contribution in [-0.4, -0.2) is 71.6 Å². The first kappa shape index (κ1) is 31.1. The average molecular weight is 510 g/mol. The molecule has 11 heteroatoms. The molecule has 6 amide bonds. The molecule has 11 nitrogen and oxygen atoms in total. The van der Waals surface area contributed by atoms with Gasteiger partial charge in [-0.3, -0.25) is 33.7 Å². The molecule has 1 rings (SSSR count). The van der Waals surface area contributed by atoms with Gasteiger partial charge < -0.3 is 21.3 Å². The average Bonchev–Trinajstić information content (AvgIpc) is 3.05. The Morgan fingerprint density at radius 2 is 1.58 bits per heavy atom. The number of rotatable bonds is 15.